The third-order valence-electron chi connectivity index (χ3n) is 7.66. The van der Waals surface area contributed by atoms with Crippen molar-refractivity contribution in [2.45, 2.75) is 69.7 Å². The van der Waals surface area contributed by atoms with Gasteiger partial charge in [-0.3, -0.25) is 9.36 Å². The molecule has 0 radical (unpaired) electrons. The van der Waals surface area contributed by atoms with E-state index in [4.69, 9.17) is 15.5 Å². The number of hydrogen-bond acceptors (Lipinski definition) is 7. The zero-order chi connectivity index (χ0) is 25.5. The van der Waals surface area contributed by atoms with Gasteiger partial charge in [0.1, 0.15) is 18.2 Å². The van der Waals surface area contributed by atoms with Crippen LogP contribution in [0.3, 0.4) is 0 Å². The SMILES string of the molecule is CCCc1nc2ccccc2n1CC(=O)N1CCC2(CC1)C[C@@](C)(O)[C@H](n1ccc(N)nc1=O)CO2. The molecular weight excluding hydrogens is 460 g/mol. The topological polar surface area (TPSA) is 128 Å². The number of ether oxygens (including phenoxy) is 1. The number of carbonyl (C=O) groups excluding carboxylic acids is 1. The number of piperidine rings is 1. The van der Waals surface area contributed by atoms with Gasteiger partial charge in [-0.1, -0.05) is 19.1 Å². The summed E-state index contributed by atoms with van der Waals surface area (Å²) in [6, 6.07) is 8.91. The average Bonchev–Trinajstić information content (AvgIpc) is 3.17. The second kappa shape index (κ2) is 9.33. The van der Waals surface area contributed by atoms with Crippen LogP contribution in [-0.2, 0) is 22.5 Å². The van der Waals surface area contributed by atoms with E-state index >= 15 is 0 Å². The lowest BCUT2D eigenvalue weighted by molar-refractivity contribution is -0.198. The maximum atomic E-state index is 13.3. The molecule has 36 heavy (non-hydrogen) atoms. The molecule has 2 fully saturated rings. The van der Waals surface area contributed by atoms with Crippen LogP contribution >= 0.6 is 0 Å². The Balaban J connectivity index is 1.26. The molecule has 2 aliphatic heterocycles. The van der Waals surface area contributed by atoms with E-state index in [9.17, 15) is 14.7 Å². The summed E-state index contributed by atoms with van der Waals surface area (Å²) in [4.78, 5) is 36.0. The number of amides is 1. The minimum Gasteiger partial charge on any atom is -0.388 e. The number of aryl methyl sites for hydroxylation is 1. The molecule has 2 aromatic heterocycles. The van der Waals surface area contributed by atoms with E-state index in [0.29, 0.717) is 32.4 Å². The Hall–Kier alpha value is -3.24. The molecule has 2 aliphatic rings. The van der Waals surface area contributed by atoms with Gasteiger partial charge in [-0.2, -0.15) is 4.98 Å². The highest BCUT2D eigenvalue weighted by Crippen LogP contribution is 2.43. The first-order chi connectivity index (χ1) is 17.2. The first-order valence-corrected chi connectivity index (χ1v) is 12.6. The molecule has 10 nitrogen and oxygen atoms in total. The lowest BCUT2D eigenvalue weighted by atomic mass is 9.75. The summed E-state index contributed by atoms with van der Waals surface area (Å²) in [7, 11) is 0. The normalized spacial score (nSPS) is 23.9. The Kier molecular flexibility index (Phi) is 6.34. The third-order valence-corrected chi connectivity index (χ3v) is 7.66. The summed E-state index contributed by atoms with van der Waals surface area (Å²) in [5, 5.41) is 11.3. The van der Waals surface area contributed by atoms with Crippen molar-refractivity contribution in [1.82, 2.24) is 24.0 Å². The Morgan fingerprint density at radius 3 is 2.67 bits per heavy atom. The monoisotopic (exact) mass is 494 g/mol. The van der Waals surface area contributed by atoms with Gasteiger partial charge in [-0.05, 0) is 44.4 Å². The molecule has 1 aromatic carbocycles. The number of nitrogen functional groups attached to an aromatic ring is 1. The lowest BCUT2D eigenvalue weighted by Gasteiger charge is -2.51. The van der Waals surface area contributed by atoms with Gasteiger partial charge in [0.2, 0.25) is 5.91 Å². The quantitative estimate of drug-likeness (QED) is 0.554. The van der Waals surface area contributed by atoms with E-state index in [0.717, 1.165) is 29.7 Å². The molecule has 5 rings (SSSR count). The number of likely N-dealkylation sites (tertiary alicyclic amines) is 1. The molecule has 192 valence electrons. The van der Waals surface area contributed by atoms with E-state index in [-0.39, 0.29) is 24.9 Å². The third kappa shape index (κ3) is 4.51. The second-order valence-corrected chi connectivity index (χ2v) is 10.3. The number of benzene rings is 1. The van der Waals surface area contributed by atoms with E-state index in [1.807, 2.05) is 33.7 Å². The molecule has 0 saturated carbocycles. The Morgan fingerprint density at radius 2 is 1.97 bits per heavy atom. The van der Waals surface area contributed by atoms with Crippen molar-refractivity contribution in [3.05, 3.63) is 52.8 Å². The summed E-state index contributed by atoms with van der Waals surface area (Å²) in [6.07, 6.45) is 4.96. The van der Waals surface area contributed by atoms with Crippen LogP contribution in [0.1, 0.15) is 51.4 Å². The number of nitrogens with two attached hydrogens (primary N) is 1. The predicted molar refractivity (Wildman–Crippen MR) is 135 cm³/mol. The molecule has 2 atom stereocenters. The zero-order valence-electron chi connectivity index (χ0n) is 20.9. The number of aromatic nitrogens is 4. The fourth-order valence-electron chi connectivity index (χ4n) is 5.74. The highest BCUT2D eigenvalue weighted by atomic mass is 16.5. The van der Waals surface area contributed by atoms with Gasteiger partial charge in [0.15, 0.2) is 0 Å². The van der Waals surface area contributed by atoms with Gasteiger partial charge in [0.25, 0.3) is 0 Å². The molecule has 10 heteroatoms. The van der Waals surface area contributed by atoms with Crippen LogP contribution in [0, 0.1) is 0 Å². The van der Waals surface area contributed by atoms with Crippen LogP contribution in [-0.4, -0.2) is 65.9 Å². The van der Waals surface area contributed by atoms with Crippen LogP contribution in [0.4, 0.5) is 5.82 Å². The highest BCUT2D eigenvalue weighted by molar-refractivity contribution is 5.81. The van der Waals surface area contributed by atoms with E-state index in [1.165, 1.54) is 4.57 Å². The molecule has 1 amide bonds. The van der Waals surface area contributed by atoms with E-state index in [1.54, 1.807) is 19.2 Å². The number of carbonyl (C=O) groups is 1. The van der Waals surface area contributed by atoms with Crippen molar-refractivity contribution in [3.63, 3.8) is 0 Å². The second-order valence-electron chi connectivity index (χ2n) is 10.3. The molecule has 3 aromatic rings. The number of anilines is 1. The zero-order valence-corrected chi connectivity index (χ0v) is 20.9. The van der Waals surface area contributed by atoms with Crippen LogP contribution < -0.4 is 11.4 Å². The fourth-order valence-corrected chi connectivity index (χ4v) is 5.74. The standard InChI is InChI=1S/C26H34N6O4/c1-3-6-22-28-18-7-4-5-8-19(18)32(22)15-23(33)30-13-10-26(11-14-30)17-25(2,35)20(16-36-26)31-12-9-21(27)29-24(31)34/h4-5,7-9,12,20,35H,3,6,10-11,13-17H2,1-2H3,(H2,27,29,34)/t20-,25-/m1/s1. The summed E-state index contributed by atoms with van der Waals surface area (Å²) >= 11 is 0. The van der Waals surface area contributed by atoms with Gasteiger partial charge < -0.3 is 25.0 Å². The number of para-hydroxylation sites is 2. The number of fused-ring (bicyclic) bond motifs is 1. The number of rotatable bonds is 5. The summed E-state index contributed by atoms with van der Waals surface area (Å²) in [6.45, 7) is 5.41. The van der Waals surface area contributed by atoms with Gasteiger partial charge in [-0.25, -0.2) is 9.78 Å². The molecule has 2 saturated heterocycles. The first-order valence-electron chi connectivity index (χ1n) is 12.6. The maximum Gasteiger partial charge on any atom is 0.349 e. The summed E-state index contributed by atoms with van der Waals surface area (Å²) in [5.41, 5.74) is 5.30. The number of hydrogen-bond donors (Lipinski definition) is 2. The number of nitrogens with zero attached hydrogens (tertiary/aromatic N) is 5. The predicted octanol–water partition coefficient (Wildman–Crippen LogP) is 1.90. The number of aliphatic hydroxyl groups is 1. The highest BCUT2D eigenvalue weighted by Gasteiger charge is 2.50. The van der Waals surface area contributed by atoms with Crippen molar-refractivity contribution in [3.8, 4) is 0 Å². The summed E-state index contributed by atoms with van der Waals surface area (Å²) in [5.74, 6) is 1.14. The van der Waals surface area contributed by atoms with Crippen LogP contribution in [0.2, 0.25) is 0 Å². The molecular formula is C26H34N6O4. The minimum atomic E-state index is -1.17. The molecule has 0 bridgehead atoms. The molecule has 4 heterocycles. The van der Waals surface area contributed by atoms with Gasteiger partial charge in [0.05, 0.1) is 34.9 Å². The van der Waals surface area contributed by atoms with Crippen LogP contribution in [0.15, 0.2) is 41.3 Å². The minimum absolute atomic E-state index is 0.0605. The fraction of sp³-hybridized carbons (Fsp3) is 0.538. The molecule has 1 spiro atoms. The average molecular weight is 495 g/mol. The van der Waals surface area contributed by atoms with E-state index in [2.05, 4.69) is 11.9 Å². The Morgan fingerprint density at radius 1 is 1.22 bits per heavy atom. The Bertz CT molecular complexity index is 1320. The number of imidazole rings is 1. The van der Waals surface area contributed by atoms with Crippen molar-refractivity contribution < 1.29 is 14.6 Å². The smallest absolute Gasteiger partial charge is 0.349 e. The maximum absolute atomic E-state index is 13.3. The van der Waals surface area contributed by atoms with Crippen molar-refractivity contribution >= 4 is 22.8 Å². The van der Waals surface area contributed by atoms with Crippen molar-refractivity contribution in [2.75, 3.05) is 25.4 Å². The molecule has 3 N–H and O–H groups in total. The van der Waals surface area contributed by atoms with Crippen LogP contribution in [0.25, 0.3) is 11.0 Å². The van der Waals surface area contributed by atoms with Gasteiger partial charge >= 0.3 is 5.69 Å². The largest absolute Gasteiger partial charge is 0.388 e. The first kappa shape index (κ1) is 24.5. The van der Waals surface area contributed by atoms with Crippen LogP contribution in [0.5, 0.6) is 0 Å². The Labute approximate surface area is 209 Å². The van der Waals surface area contributed by atoms with Gasteiger partial charge in [0, 0.05) is 32.1 Å². The van der Waals surface area contributed by atoms with Crippen molar-refractivity contribution in [1.29, 1.82) is 0 Å². The van der Waals surface area contributed by atoms with Crippen molar-refractivity contribution in [2.24, 2.45) is 0 Å². The molecule has 0 aliphatic carbocycles. The lowest BCUT2D eigenvalue weighted by Crippen LogP contribution is -2.59. The summed E-state index contributed by atoms with van der Waals surface area (Å²) < 4.78 is 9.74. The molecule has 0 unspecified atom stereocenters. The van der Waals surface area contributed by atoms with Gasteiger partial charge in [-0.15, -0.1) is 0 Å². The van der Waals surface area contributed by atoms with E-state index < -0.39 is 22.9 Å².